The van der Waals surface area contributed by atoms with Crippen molar-refractivity contribution in [1.29, 1.82) is 0 Å². The van der Waals surface area contributed by atoms with Crippen LogP contribution in [0.2, 0.25) is 0 Å². The van der Waals surface area contributed by atoms with Gasteiger partial charge in [0, 0.05) is 0 Å². The lowest BCUT2D eigenvalue weighted by Crippen LogP contribution is -2.33. The van der Waals surface area contributed by atoms with Crippen LogP contribution in [-0.4, -0.2) is 0 Å². The Morgan fingerprint density at radius 2 is 1.83 bits per heavy atom. The van der Waals surface area contributed by atoms with Gasteiger partial charge < -0.3 is 0 Å². The predicted molar refractivity (Wildman–Crippen MR) is 133 cm³/mol. The standard InChI is InChI=1S/C30H46/c1-8-29(6)20-18-25(24(5)21-29)14-15-26-12-10-19-30(7)27(16-17-28(26)30)13-9-11-23(4)22(2)3/h8-9,11,14-15,22-23,27-28H,1,5,10,12-13,16-21H2,2-4,6-7H3/b11-9+,25-14+,26-15+. The maximum atomic E-state index is 4.40. The minimum Gasteiger partial charge on any atom is -0.103 e. The van der Waals surface area contributed by atoms with Crippen molar-refractivity contribution in [2.75, 3.05) is 0 Å². The Labute approximate surface area is 187 Å². The van der Waals surface area contributed by atoms with Crippen LogP contribution < -0.4 is 0 Å². The second-order valence-corrected chi connectivity index (χ2v) is 11.5. The number of fused-ring (bicyclic) bond motifs is 1. The normalized spacial score (nSPS) is 38.5. The SMILES string of the molecule is C=CC1(C)CC/C(=C\C=C2/CCCC3(C)C(C/C=C/C(C)C(C)C)CCC23)C(=C)C1. The van der Waals surface area contributed by atoms with E-state index in [1.54, 1.807) is 5.57 Å². The average Bonchev–Trinajstić information content (AvgIpc) is 3.04. The van der Waals surface area contributed by atoms with Crippen molar-refractivity contribution in [2.24, 2.45) is 34.5 Å². The first-order valence-corrected chi connectivity index (χ1v) is 12.6. The fourth-order valence-electron chi connectivity index (χ4n) is 6.28. The Balaban J connectivity index is 1.69. The number of allylic oxidation sites excluding steroid dienone is 8. The molecule has 0 aromatic carbocycles. The van der Waals surface area contributed by atoms with E-state index in [4.69, 9.17) is 0 Å². The zero-order valence-corrected chi connectivity index (χ0v) is 20.5. The van der Waals surface area contributed by atoms with Crippen LogP contribution >= 0.6 is 0 Å². The first kappa shape index (κ1) is 23.4. The second kappa shape index (κ2) is 9.46. The van der Waals surface area contributed by atoms with Gasteiger partial charge >= 0.3 is 0 Å². The van der Waals surface area contributed by atoms with E-state index in [0.717, 1.165) is 30.6 Å². The monoisotopic (exact) mass is 406 g/mol. The van der Waals surface area contributed by atoms with E-state index in [-0.39, 0.29) is 5.41 Å². The summed E-state index contributed by atoms with van der Waals surface area (Å²) >= 11 is 0. The Morgan fingerprint density at radius 3 is 2.50 bits per heavy atom. The van der Waals surface area contributed by atoms with Crippen molar-refractivity contribution in [2.45, 2.75) is 92.4 Å². The highest BCUT2D eigenvalue weighted by molar-refractivity contribution is 5.37. The van der Waals surface area contributed by atoms with E-state index in [0.29, 0.717) is 11.3 Å². The summed E-state index contributed by atoms with van der Waals surface area (Å²) in [7, 11) is 0. The highest BCUT2D eigenvalue weighted by Gasteiger charge is 2.48. The molecule has 3 aliphatic rings. The molecule has 3 rings (SSSR count). The van der Waals surface area contributed by atoms with Gasteiger partial charge in [-0.2, -0.15) is 0 Å². The van der Waals surface area contributed by atoms with Crippen molar-refractivity contribution >= 4 is 0 Å². The third-order valence-corrected chi connectivity index (χ3v) is 9.10. The molecule has 30 heavy (non-hydrogen) atoms. The van der Waals surface area contributed by atoms with Crippen LogP contribution in [0.5, 0.6) is 0 Å². The molecule has 0 saturated heterocycles. The molecule has 0 bridgehead atoms. The molecule has 3 saturated carbocycles. The average molecular weight is 407 g/mol. The largest absolute Gasteiger partial charge is 0.103 e. The fourth-order valence-corrected chi connectivity index (χ4v) is 6.28. The van der Waals surface area contributed by atoms with E-state index in [1.165, 1.54) is 56.1 Å². The summed E-state index contributed by atoms with van der Waals surface area (Å²) in [6, 6.07) is 0. The van der Waals surface area contributed by atoms with Crippen LogP contribution in [0.3, 0.4) is 0 Å². The molecule has 0 heteroatoms. The molecule has 5 unspecified atom stereocenters. The minimum absolute atomic E-state index is 0.240. The van der Waals surface area contributed by atoms with Crippen LogP contribution in [0.4, 0.5) is 0 Å². The molecule has 0 aromatic heterocycles. The molecule has 3 fully saturated rings. The predicted octanol–water partition coefficient (Wildman–Crippen LogP) is 9.23. The lowest BCUT2D eigenvalue weighted by molar-refractivity contribution is 0.137. The topological polar surface area (TPSA) is 0 Å². The highest BCUT2D eigenvalue weighted by Crippen LogP contribution is 2.58. The van der Waals surface area contributed by atoms with Gasteiger partial charge in [-0.1, -0.05) is 82.7 Å². The Bertz CT molecular complexity index is 729. The van der Waals surface area contributed by atoms with Gasteiger partial charge in [0.15, 0.2) is 0 Å². The molecule has 0 nitrogen and oxygen atoms in total. The van der Waals surface area contributed by atoms with Crippen LogP contribution in [0.1, 0.15) is 92.4 Å². The summed E-state index contributed by atoms with van der Waals surface area (Å²) in [6.07, 6.45) is 23.6. The fraction of sp³-hybridized carbons (Fsp3) is 0.667. The lowest BCUT2D eigenvalue weighted by Gasteiger charge is -2.42. The zero-order chi connectivity index (χ0) is 21.9. The van der Waals surface area contributed by atoms with Crippen LogP contribution in [0.15, 0.2) is 60.3 Å². The van der Waals surface area contributed by atoms with E-state index in [1.807, 2.05) is 0 Å². The van der Waals surface area contributed by atoms with Gasteiger partial charge in [-0.25, -0.2) is 0 Å². The summed E-state index contributed by atoms with van der Waals surface area (Å²) in [4.78, 5) is 0. The molecular formula is C30H46. The summed E-state index contributed by atoms with van der Waals surface area (Å²) in [5, 5.41) is 0. The summed E-state index contributed by atoms with van der Waals surface area (Å²) < 4.78 is 0. The maximum absolute atomic E-state index is 4.40. The van der Waals surface area contributed by atoms with Gasteiger partial charge in [0.2, 0.25) is 0 Å². The third-order valence-electron chi connectivity index (χ3n) is 9.10. The molecule has 0 spiro atoms. The van der Waals surface area contributed by atoms with Crippen molar-refractivity contribution in [3.05, 3.63) is 60.3 Å². The zero-order valence-electron chi connectivity index (χ0n) is 20.5. The molecule has 0 heterocycles. The van der Waals surface area contributed by atoms with Crippen LogP contribution in [-0.2, 0) is 0 Å². The van der Waals surface area contributed by atoms with E-state index in [2.05, 4.69) is 78.2 Å². The number of rotatable bonds is 6. The van der Waals surface area contributed by atoms with Crippen molar-refractivity contribution < 1.29 is 0 Å². The molecule has 5 atom stereocenters. The van der Waals surface area contributed by atoms with Gasteiger partial charge in [-0.15, -0.1) is 6.58 Å². The Kier molecular flexibility index (Phi) is 7.36. The van der Waals surface area contributed by atoms with Gasteiger partial charge in [0.25, 0.3) is 0 Å². The van der Waals surface area contributed by atoms with E-state index < -0.39 is 0 Å². The molecule has 0 N–H and O–H groups in total. The first-order chi connectivity index (χ1) is 14.2. The number of hydrogen-bond acceptors (Lipinski definition) is 0. The molecule has 0 amide bonds. The van der Waals surface area contributed by atoms with Crippen molar-refractivity contribution in [3.63, 3.8) is 0 Å². The molecule has 0 aromatic rings. The third kappa shape index (κ3) is 4.95. The smallest absolute Gasteiger partial charge is 0.0106 e. The minimum atomic E-state index is 0.240. The molecule has 166 valence electrons. The van der Waals surface area contributed by atoms with E-state index >= 15 is 0 Å². The van der Waals surface area contributed by atoms with Crippen molar-refractivity contribution in [1.82, 2.24) is 0 Å². The maximum Gasteiger partial charge on any atom is -0.0106 e. The molecule has 0 aliphatic heterocycles. The number of hydrogen-bond donors (Lipinski definition) is 0. The molecular weight excluding hydrogens is 360 g/mol. The molecule has 0 radical (unpaired) electrons. The van der Waals surface area contributed by atoms with Crippen LogP contribution in [0.25, 0.3) is 0 Å². The van der Waals surface area contributed by atoms with Crippen molar-refractivity contribution in [3.8, 4) is 0 Å². The summed E-state index contributed by atoms with van der Waals surface area (Å²) in [5.74, 6) is 3.08. The Morgan fingerprint density at radius 1 is 1.07 bits per heavy atom. The van der Waals surface area contributed by atoms with Gasteiger partial charge in [-0.05, 0) is 97.9 Å². The highest BCUT2D eigenvalue weighted by atomic mass is 14.5. The lowest BCUT2D eigenvalue weighted by atomic mass is 9.63. The summed E-state index contributed by atoms with van der Waals surface area (Å²) in [5.41, 5.74) is 5.27. The van der Waals surface area contributed by atoms with E-state index in [9.17, 15) is 0 Å². The quantitative estimate of drug-likeness (QED) is 0.385. The van der Waals surface area contributed by atoms with Gasteiger partial charge in [-0.3, -0.25) is 0 Å². The van der Waals surface area contributed by atoms with Gasteiger partial charge in [0.1, 0.15) is 0 Å². The van der Waals surface area contributed by atoms with Gasteiger partial charge in [0.05, 0.1) is 0 Å². The first-order valence-electron chi connectivity index (χ1n) is 12.6. The summed E-state index contributed by atoms with van der Waals surface area (Å²) in [6.45, 7) is 20.4. The molecule has 3 aliphatic carbocycles. The Hall–Kier alpha value is -1.30. The van der Waals surface area contributed by atoms with Crippen LogP contribution in [0, 0.1) is 34.5 Å². The second-order valence-electron chi connectivity index (χ2n) is 11.5.